The van der Waals surface area contributed by atoms with Gasteiger partial charge in [0.15, 0.2) is 0 Å². The minimum absolute atomic E-state index is 0.0309. The molecule has 1 aliphatic rings. The van der Waals surface area contributed by atoms with Gasteiger partial charge in [0.2, 0.25) is 10.0 Å². The van der Waals surface area contributed by atoms with Gasteiger partial charge in [-0.05, 0) is 43.5 Å². The molecule has 3 rings (SSSR count). The predicted molar refractivity (Wildman–Crippen MR) is 79.0 cm³/mol. The van der Waals surface area contributed by atoms with Gasteiger partial charge in [-0.25, -0.2) is 17.8 Å². The molecule has 1 saturated carbocycles. The molecule has 0 radical (unpaired) electrons. The third kappa shape index (κ3) is 3.00. The van der Waals surface area contributed by atoms with Crippen LogP contribution in [0.5, 0.6) is 0 Å². The largest absolute Gasteiger partial charge is 0.248 e. The Labute approximate surface area is 127 Å². The van der Waals surface area contributed by atoms with E-state index >= 15 is 0 Å². The number of rotatable bonds is 5. The summed E-state index contributed by atoms with van der Waals surface area (Å²) < 4.78 is 40.4. The molecule has 1 aromatic heterocycles. The standard InChI is InChI=1S/C14H15FN2O2S2/c1-10-8-11(15)2-5-13(10)21(18,19)17(12-3-4-12)9-14-16-6-7-20-14/h2,5-8,12H,3-4,9H2,1H3. The Bertz CT molecular complexity index is 740. The van der Waals surface area contributed by atoms with Crippen molar-refractivity contribution in [1.29, 1.82) is 0 Å². The lowest BCUT2D eigenvalue weighted by atomic mass is 10.2. The monoisotopic (exact) mass is 326 g/mol. The van der Waals surface area contributed by atoms with Crippen molar-refractivity contribution in [1.82, 2.24) is 9.29 Å². The number of thiazole rings is 1. The lowest BCUT2D eigenvalue weighted by Crippen LogP contribution is -2.33. The average Bonchev–Trinajstić information content (AvgIpc) is 3.11. The van der Waals surface area contributed by atoms with E-state index in [1.54, 1.807) is 13.1 Å². The number of benzene rings is 1. The van der Waals surface area contributed by atoms with E-state index in [0.717, 1.165) is 17.8 Å². The topological polar surface area (TPSA) is 50.3 Å². The van der Waals surface area contributed by atoms with E-state index in [-0.39, 0.29) is 17.5 Å². The molecule has 21 heavy (non-hydrogen) atoms. The molecule has 0 saturated heterocycles. The van der Waals surface area contributed by atoms with Gasteiger partial charge in [-0.1, -0.05) is 0 Å². The first-order valence-electron chi connectivity index (χ1n) is 6.65. The summed E-state index contributed by atoms with van der Waals surface area (Å²) in [6.45, 7) is 1.89. The summed E-state index contributed by atoms with van der Waals surface area (Å²) in [6.07, 6.45) is 3.40. The van der Waals surface area contributed by atoms with Crippen molar-refractivity contribution in [2.45, 2.75) is 37.2 Å². The highest BCUT2D eigenvalue weighted by Gasteiger charge is 2.39. The van der Waals surface area contributed by atoms with Crippen LogP contribution in [0.15, 0.2) is 34.7 Å². The molecular formula is C14H15FN2O2S2. The van der Waals surface area contributed by atoms with Gasteiger partial charge in [-0.15, -0.1) is 11.3 Å². The molecule has 1 aliphatic carbocycles. The number of nitrogens with zero attached hydrogens (tertiary/aromatic N) is 2. The average molecular weight is 326 g/mol. The zero-order valence-corrected chi connectivity index (χ0v) is 13.1. The van der Waals surface area contributed by atoms with Gasteiger partial charge in [-0.3, -0.25) is 0 Å². The highest BCUT2D eigenvalue weighted by atomic mass is 32.2. The summed E-state index contributed by atoms with van der Waals surface area (Å²) >= 11 is 1.44. The second-order valence-electron chi connectivity index (χ2n) is 5.12. The SMILES string of the molecule is Cc1cc(F)ccc1S(=O)(=O)N(Cc1nccs1)C1CC1. The molecule has 112 valence electrons. The van der Waals surface area contributed by atoms with Gasteiger partial charge < -0.3 is 0 Å². The van der Waals surface area contributed by atoms with Crippen LogP contribution in [-0.2, 0) is 16.6 Å². The summed E-state index contributed by atoms with van der Waals surface area (Å²) in [6, 6.07) is 3.82. The van der Waals surface area contributed by atoms with Gasteiger partial charge in [0.1, 0.15) is 10.8 Å². The maximum Gasteiger partial charge on any atom is 0.243 e. The van der Waals surface area contributed by atoms with Crippen LogP contribution in [0.3, 0.4) is 0 Å². The molecule has 2 aromatic rings. The van der Waals surface area contributed by atoms with Crippen LogP contribution < -0.4 is 0 Å². The van der Waals surface area contributed by atoms with Crippen molar-refractivity contribution < 1.29 is 12.8 Å². The van der Waals surface area contributed by atoms with E-state index in [4.69, 9.17) is 0 Å². The Hall–Kier alpha value is -1.31. The van der Waals surface area contributed by atoms with Crippen LogP contribution in [0.1, 0.15) is 23.4 Å². The Morgan fingerprint density at radius 2 is 2.19 bits per heavy atom. The smallest absolute Gasteiger partial charge is 0.243 e. The normalized spacial score (nSPS) is 15.6. The minimum Gasteiger partial charge on any atom is -0.248 e. The summed E-state index contributed by atoms with van der Waals surface area (Å²) in [5.74, 6) is -0.427. The third-order valence-corrected chi connectivity index (χ3v) is 6.28. The van der Waals surface area contributed by atoms with Crippen molar-refractivity contribution in [3.63, 3.8) is 0 Å². The Morgan fingerprint density at radius 3 is 2.76 bits per heavy atom. The molecule has 0 aliphatic heterocycles. The van der Waals surface area contributed by atoms with E-state index in [9.17, 15) is 12.8 Å². The van der Waals surface area contributed by atoms with Crippen LogP contribution >= 0.6 is 11.3 Å². The van der Waals surface area contributed by atoms with Crippen molar-refractivity contribution in [2.75, 3.05) is 0 Å². The first-order valence-corrected chi connectivity index (χ1v) is 8.97. The summed E-state index contributed by atoms with van der Waals surface area (Å²) in [7, 11) is -3.63. The molecule has 1 aromatic carbocycles. The van der Waals surface area contributed by atoms with E-state index < -0.39 is 15.8 Å². The summed E-state index contributed by atoms with van der Waals surface area (Å²) in [5, 5.41) is 2.60. The first-order chi connectivity index (χ1) is 9.98. The van der Waals surface area contributed by atoms with E-state index in [2.05, 4.69) is 4.98 Å². The quantitative estimate of drug-likeness (QED) is 0.849. The fourth-order valence-corrected chi connectivity index (χ4v) is 4.82. The summed E-state index contributed by atoms with van der Waals surface area (Å²) in [5.41, 5.74) is 0.430. The Balaban J connectivity index is 1.97. The molecule has 0 atom stereocenters. The number of halogens is 1. The maximum absolute atomic E-state index is 13.2. The van der Waals surface area contributed by atoms with Crippen molar-refractivity contribution >= 4 is 21.4 Å². The third-order valence-electron chi connectivity index (χ3n) is 3.45. The van der Waals surface area contributed by atoms with E-state index in [1.165, 1.54) is 33.8 Å². The fraction of sp³-hybridized carbons (Fsp3) is 0.357. The zero-order valence-electron chi connectivity index (χ0n) is 11.5. The van der Waals surface area contributed by atoms with Crippen molar-refractivity contribution in [3.8, 4) is 0 Å². The predicted octanol–water partition coefficient (Wildman–Crippen LogP) is 2.94. The number of hydrogen-bond donors (Lipinski definition) is 0. The summed E-state index contributed by atoms with van der Waals surface area (Å²) in [4.78, 5) is 4.34. The van der Waals surface area contributed by atoms with Gasteiger partial charge in [0, 0.05) is 17.6 Å². The van der Waals surface area contributed by atoms with Gasteiger partial charge >= 0.3 is 0 Å². The van der Waals surface area contributed by atoms with Crippen LogP contribution in [0, 0.1) is 12.7 Å². The highest BCUT2D eigenvalue weighted by molar-refractivity contribution is 7.89. The fourth-order valence-electron chi connectivity index (χ4n) is 2.27. The van der Waals surface area contributed by atoms with Crippen LogP contribution in [0.25, 0.3) is 0 Å². The maximum atomic E-state index is 13.2. The van der Waals surface area contributed by atoms with Gasteiger partial charge in [0.05, 0.1) is 11.4 Å². The molecule has 0 spiro atoms. The van der Waals surface area contributed by atoms with Crippen molar-refractivity contribution in [3.05, 3.63) is 46.2 Å². The number of aromatic nitrogens is 1. The molecule has 0 unspecified atom stereocenters. The lowest BCUT2D eigenvalue weighted by molar-refractivity contribution is 0.397. The zero-order chi connectivity index (χ0) is 15.0. The molecule has 7 heteroatoms. The molecule has 0 bridgehead atoms. The highest BCUT2D eigenvalue weighted by Crippen LogP contribution is 2.34. The van der Waals surface area contributed by atoms with Crippen LogP contribution in [-0.4, -0.2) is 23.7 Å². The van der Waals surface area contributed by atoms with E-state index in [1.807, 2.05) is 5.38 Å². The Morgan fingerprint density at radius 1 is 1.43 bits per heavy atom. The molecule has 0 N–H and O–H groups in total. The lowest BCUT2D eigenvalue weighted by Gasteiger charge is -2.21. The van der Waals surface area contributed by atoms with Gasteiger partial charge in [0.25, 0.3) is 0 Å². The molecule has 4 nitrogen and oxygen atoms in total. The molecule has 1 fully saturated rings. The second-order valence-corrected chi connectivity index (χ2v) is 7.96. The van der Waals surface area contributed by atoms with Gasteiger partial charge in [-0.2, -0.15) is 4.31 Å². The molecule has 0 amide bonds. The second kappa shape index (κ2) is 5.47. The molecular weight excluding hydrogens is 311 g/mol. The van der Waals surface area contributed by atoms with Crippen LogP contribution in [0.2, 0.25) is 0 Å². The molecule has 1 heterocycles. The van der Waals surface area contributed by atoms with Crippen molar-refractivity contribution in [2.24, 2.45) is 0 Å². The van der Waals surface area contributed by atoms with E-state index in [0.29, 0.717) is 5.56 Å². The first kappa shape index (κ1) is 14.6. The number of sulfonamides is 1. The minimum atomic E-state index is -3.63. The van der Waals surface area contributed by atoms with Crippen LogP contribution in [0.4, 0.5) is 4.39 Å². The number of aryl methyl sites for hydroxylation is 1. The Kier molecular flexibility index (Phi) is 3.81. The number of hydrogen-bond acceptors (Lipinski definition) is 4.